The highest BCUT2D eigenvalue weighted by Crippen LogP contribution is 2.17. The van der Waals surface area contributed by atoms with Gasteiger partial charge in [-0.1, -0.05) is 0 Å². The van der Waals surface area contributed by atoms with Gasteiger partial charge in [-0.3, -0.25) is 0 Å². The number of aromatic nitrogens is 2. The van der Waals surface area contributed by atoms with Crippen molar-refractivity contribution in [3.8, 4) is 11.9 Å². The van der Waals surface area contributed by atoms with Crippen LogP contribution in [0.25, 0.3) is 0 Å². The third kappa shape index (κ3) is 2.74. The van der Waals surface area contributed by atoms with Gasteiger partial charge >= 0.3 is 0 Å². The van der Waals surface area contributed by atoms with Crippen LogP contribution in [0, 0.1) is 18.3 Å². The molecule has 2 heterocycles. The van der Waals surface area contributed by atoms with E-state index in [1.165, 1.54) is 0 Å². The topological polar surface area (TPSA) is 70.8 Å². The van der Waals surface area contributed by atoms with Gasteiger partial charge in [-0.15, -0.1) is 0 Å². The molecule has 0 bridgehead atoms. The van der Waals surface area contributed by atoms with Gasteiger partial charge in [0.2, 0.25) is 5.88 Å². The number of pyridine rings is 2. The fourth-order valence-corrected chi connectivity index (χ4v) is 1.52. The van der Waals surface area contributed by atoms with Gasteiger partial charge in [-0.2, -0.15) is 5.26 Å². The molecule has 0 aliphatic carbocycles. The number of nitriles is 1. The molecule has 0 unspecified atom stereocenters. The Morgan fingerprint density at radius 1 is 1.33 bits per heavy atom. The average Bonchev–Trinajstić information content (AvgIpc) is 2.39. The van der Waals surface area contributed by atoms with Gasteiger partial charge in [0.25, 0.3) is 0 Å². The van der Waals surface area contributed by atoms with Crippen molar-refractivity contribution in [2.75, 3.05) is 12.4 Å². The Hall–Kier alpha value is -2.61. The van der Waals surface area contributed by atoms with Crippen LogP contribution < -0.4 is 10.1 Å². The zero-order valence-corrected chi connectivity index (χ0v) is 10.1. The van der Waals surface area contributed by atoms with Crippen molar-refractivity contribution >= 4 is 11.5 Å². The molecular formula is C13H12N4O. The largest absolute Gasteiger partial charge is 0.481 e. The molecule has 0 aliphatic heterocycles. The van der Waals surface area contributed by atoms with Crippen LogP contribution in [0.3, 0.4) is 0 Å². The Labute approximate surface area is 105 Å². The van der Waals surface area contributed by atoms with Crippen molar-refractivity contribution in [1.82, 2.24) is 9.97 Å². The summed E-state index contributed by atoms with van der Waals surface area (Å²) in [5.74, 6) is 1.17. The number of nitrogens with one attached hydrogen (secondary N) is 1. The van der Waals surface area contributed by atoms with Crippen LogP contribution in [-0.4, -0.2) is 17.1 Å². The maximum Gasteiger partial charge on any atom is 0.213 e. The van der Waals surface area contributed by atoms with E-state index >= 15 is 0 Å². The van der Waals surface area contributed by atoms with Crippen molar-refractivity contribution in [1.29, 1.82) is 5.26 Å². The number of anilines is 2. The predicted octanol–water partition coefficient (Wildman–Crippen LogP) is 2.41. The molecule has 5 heteroatoms. The summed E-state index contributed by atoms with van der Waals surface area (Å²) in [6.07, 6.45) is 1.65. The van der Waals surface area contributed by atoms with E-state index in [-0.39, 0.29) is 0 Å². The lowest BCUT2D eigenvalue weighted by atomic mass is 10.2. The molecule has 0 aromatic carbocycles. The molecule has 0 spiro atoms. The zero-order chi connectivity index (χ0) is 13.0. The van der Waals surface area contributed by atoms with Crippen LogP contribution in [-0.2, 0) is 0 Å². The zero-order valence-electron chi connectivity index (χ0n) is 10.1. The van der Waals surface area contributed by atoms with Gasteiger partial charge in [0.1, 0.15) is 5.82 Å². The molecular weight excluding hydrogens is 228 g/mol. The average molecular weight is 240 g/mol. The third-order valence-electron chi connectivity index (χ3n) is 2.30. The predicted molar refractivity (Wildman–Crippen MR) is 67.8 cm³/mol. The molecule has 0 saturated carbocycles. The Bertz CT molecular complexity index is 587. The van der Waals surface area contributed by atoms with Crippen molar-refractivity contribution in [2.45, 2.75) is 6.92 Å². The molecule has 90 valence electrons. The minimum absolute atomic E-state index is 0.551. The Balaban J connectivity index is 2.22. The Kier molecular flexibility index (Phi) is 3.39. The van der Waals surface area contributed by atoms with Gasteiger partial charge in [-0.05, 0) is 25.1 Å². The summed E-state index contributed by atoms with van der Waals surface area (Å²) >= 11 is 0. The molecule has 1 N–H and O–H groups in total. The van der Waals surface area contributed by atoms with Crippen LogP contribution in [0.4, 0.5) is 11.5 Å². The molecule has 18 heavy (non-hydrogen) atoms. The second-order valence-corrected chi connectivity index (χ2v) is 3.71. The highest BCUT2D eigenvalue weighted by atomic mass is 16.5. The SMILES string of the molecule is COc1ccc(Nc2cc(C#N)cc(C)n2)cn1. The first kappa shape index (κ1) is 11.9. The van der Waals surface area contributed by atoms with Crippen molar-refractivity contribution in [3.05, 3.63) is 41.7 Å². The minimum atomic E-state index is 0.551. The highest BCUT2D eigenvalue weighted by molar-refractivity contribution is 5.57. The van der Waals surface area contributed by atoms with E-state index in [0.29, 0.717) is 17.3 Å². The summed E-state index contributed by atoms with van der Waals surface area (Å²) in [4.78, 5) is 8.38. The summed E-state index contributed by atoms with van der Waals surface area (Å²) in [6, 6.07) is 9.11. The minimum Gasteiger partial charge on any atom is -0.481 e. The van der Waals surface area contributed by atoms with E-state index < -0.39 is 0 Å². The second kappa shape index (κ2) is 5.15. The molecule has 0 radical (unpaired) electrons. The molecule has 0 saturated heterocycles. The fourth-order valence-electron chi connectivity index (χ4n) is 1.52. The van der Waals surface area contributed by atoms with Gasteiger partial charge in [0, 0.05) is 11.8 Å². The van der Waals surface area contributed by atoms with Crippen LogP contribution in [0.5, 0.6) is 5.88 Å². The molecule has 0 fully saturated rings. The molecule has 5 nitrogen and oxygen atoms in total. The number of methoxy groups -OCH3 is 1. The first-order chi connectivity index (χ1) is 8.71. The lowest BCUT2D eigenvalue weighted by Gasteiger charge is -2.07. The maximum atomic E-state index is 8.89. The van der Waals surface area contributed by atoms with Crippen LogP contribution >= 0.6 is 0 Å². The van der Waals surface area contributed by atoms with E-state index in [4.69, 9.17) is 10.00 Å². The summed E-state index contributed by atoms with van der Waals surface area (Å²) in [5, 5.41) is 12.0. The smallest absolute Gasteiger partial charge is 0.213 e. The monoisotopic (exact) mass is 240 g/mol. The summed E-state index contributed by atoms with van der Waals surface area (Å²) in [7, 11) is 1.57. The number of nitrogens with zero attached hydrogens (tertiary/aromatic N) is 3. The molecule has 2 rings (SSSR count). The number of aryl methyl sites for hydroxylation is 1. The normalized spacial score (nSPS) is 9.61. The Morgan fingerprint density at radius 2 is 2.17 bits per heavy atom. The first-order valence-electron chi connectivity index (χ1n) is 5.37. The molecule has 0 amide bonds. The lowest BCUT2D eigenvalue weighted by molar-refractivity contribution is 0.398. The van der Waals surface area contributed by atoms with Crippen molar-refractivity contribution in [2.24, 2.45) is 0 Å². The number of hydrogen-bond donors (Lipinski definition) is 1. The van der Waals surface area contributed by atoms with Gasteiger partial charge < -0.3 is 10.1 Å². The standard InChI is InChI=1S/C13H12N4O/c1-9-5-10(7-14)6-12(16-9)17-11-3-4-13(18-2)15-8-11/h3-6,8H,1-2H3,(H,16,17). The summed E-state index contributed by atoms with van der Waals surface area (Å²) in [5.41, 5.74) is 2.15. The van der Waals surface area contributed by atoms with E-state index in [9.17, 15) is 0 Å². The van der Waals surface area contributed by atoms with E-state index in [0.717, 1.165) is 11.4 Å². The van der Waals surface area contributed by atoms with Crippen LogP contribution in [0.15, 0.2) is 30.5 Å². The number of rotatable bonds is 3. The molecule has 0 aliphatic rings. The van der Waals surface area contributed by atoms with E-state index in [1.54, 1.807) is 31.5 Å². The molecule has 0 atom stereocenters. The van der Waals surface area contributed by atoms with Crippen LogP contribution in [0.2, 0.25) is 0 Å². The second-order valence-electron chi connectivity index (χ2n) is 3.71. The fraction of sp³-hybridized carbons (Fsp3) is 0.154. The molecule has 2 aromatic heterocycles. The van der Waals surface area contributed by atoms with Gasteiger partial charge in [-0.25, -0.2) is 9.97 Å². The number of ether oxygens (including phenoxy) is 1. The quantitative estimate of drug-likeness (QED) is 0.892. The molecule has 2 aromatic rings. The number of hydrogen-bond acceptors (Lipinski definition) is 5. The van der Waals surface area contributed by atoms with E-state index in [2.05, 4.69) is 21.4 Å². The summed E-state index contributed by atoms with van der Waals surface area (Å²) in [6.45, 7) is 1.85. The summed E-state index contributed by atoms with van der Waals surface area (Å²) < 4.78 is 4.98. The van der Waals surface area contributed by atoms with E-state index in [1.807, 2.05) is 13.0 Å². The van der Waals surface area contributed by atoms with Crippen molar-refractivity contribution in [3.63, 3.8) is 0 Å². The third-order valence-corrected chi connectivity index (χ3v) is 2.30. The van der Waals surface area contributed by atoms with Gasteiger partial charge in [0.05, 0.1) is 30.6 Å². The first-order valence-corrected chi connectivity index (χ1v) is 5.37. The maximum absolute atomic E-state index is 8.89. The lowest BCUT2D eigenvalue weighted by Crippen LogP contribution is -1.97. The van der Waals surface area contributed by atoms with Crippen LogP contribution in [0.1, 0.15) is 11.3 Å². The Morgan fingerprint density at radius 3 is 2.78 bits per heavy atom. The highest BCUT2D eigenvalue weighted by Gasteiger charge is 2.01. The van der Waals surface area contributed by atoms with Crippen molar-refractivity contribution < 1.29 is 4.74 Å². The van der Waals surface area contributed by atoms with Gasteiger partial charge in [0.15, 0.2) is 0 Å².